The van der Waals surface area contributed by atoms with Crippen LogP contribution in [-0.4, -0.2) is 18.7 Å². The first-order chi connectivity index (χ1) is 12.3. The average molecular weight is 335 g/mol. The fraction of sp³-hybridized carbons (Fsp3) is 0.250. The van der Waals surface area contributed by atoms with Crippen LogP contribution >= 0.6 is 0 Å². The number of ether oxygens (including phenoxy) is 1. The monoisotopic (exact) mass is 335 g/mol. The Labute approximate surface area is 148 Å². The number of carbonyl (C=O) groups is 1. The first-order valence-corrected chi connectivity index (χ1v) is 8.46. The molecule has 1 amide bonds. The highest BCUT2D eigenvalue weighted by atomic mass is 16.5. The van der Waals surface area contributed by atoms with Gasteiger partial charge in [0.15, 0.2) is 6.61 Å². The van der Waals surface area contributed by atoms with E-state index in [0.717, 1.165) is 48.4 Å². The Balaban J connectivity index is 1.62. The van der Waals surface area contributed by atoms with E-state index in [2.05, 4.69) is 29.4 Å². The van der Waals surface area contributed by atoms with Crippen molar-refractivity contribution in [2.45, 2.75) is 26.2 Å². The number of rotatable bonds is 6. The zero-order valence-corrected chi connectivity index (χ0v) is 14.2. The quantitative estimate of drug-likeness (QED) is 0.481. The maximum Gasteiger partial charge on any atom is 0.255 e. The molecule has 0 fully saturated rings. The summed E-state index contributed by atoms with van der Waals surface area (Å²) in [6, 6.07) is 13.0. The molecule has 2 N–H and O–H groups in total. The second-order valence-corrected chi connectivity index (χ2v) is 5.81. The minimum atomic E-state index is -0.137. The summed E-state index contributed by atoms with van der Waals surface area (Å²) in [5, 5.41) is 7.05. The van der Waals surface area contributed by atoms with Gasteiger partial charge in [0.25, 0.3) is 5.91 Å². The number of nitrogens with one attached hydrogen (secondary N) is 2. The summed E-state index contributed by atoms with van der Waals surface area (Å²) in [7, 11) is 0. The normalized spacial score (nSPS) is 13.2. The number of nitrogens with zero attached hydrogens (tertiary/aromatic N) is 1. The van der Waals surface area contributed by atoms with Gasteiger partial charge in [-0.15, -0.1) is 0 Å². The van der Waals surface area contributed by atoms with Crippen LogP contribution < -0.4 is 15.5 Å². The van der Waals surface area contributed by atoms with E-state index in [1.807, 2.05) is 30.3 Å². The summed E-state index contributed by atoms with van der Waals surface area (Å²) in [5.74, 6) is 0.673. The number of benzene rings is 2. The van der Waals surface area contributed by atoms with Crippen molar-refractivity contribution in [3.05, 3.63) is 65.8 Å². The van der Waals surface area contributed by atoms with Crippen LogP contribution in [0.25, 0.3) is 0 Å². The van der Waals surface area contributed by atoms with Crippen LogP contribution in [-0.2, 0) is 6.42 Å². The maximum absolute atomic E-state index is 12.4. The fourth-order valence-corrected chi connectivity index (χ4v) is 2.49. The van der Waals surface area contributed by atoms with Gasteiger partial charge in [-0.1, -0.05) is 19.1 Å². The molecule has 3 rings (SSSR count). The molecule has 1 aliphatic heterocycles. The van der Waals surface area contributed by atoms with Gasteiger partial charge in [-0.05, 0) is 60.7 Å². The molecule has 2 aromatic rings. The van der Waals surface area contributed by atoms with E-state index < -0.39 is 0 Å². The van der Waals surface area contributed by atoms with Crippen molar-refractivity contribution >= 4 is 17.8 Å². The lowest BCUT2D eigenvalue weighted by molar-refractivity contribution is 0.102. The van der Waals surface area contributed by atoms with Crippen molar-refractivity contribution in [3.63, 3.8) is 0 Å². The molecule has 0 saturated carbocycles. The van der Waals surface area contributed by atoms with Crippen molar-refractivity contribution in [3.8, 4) is 5.75 Å². The Bertz CT molecular complexity index is 754. The van der Waals surface area contributed by atoms with Gasteiger partial charge in [-0.2, -0.15) is 5.10 Å². The fourth-order valence-electron chi connectivity index (χ4n) is 2.49. The number of anilines is 1. The Kier molecular flexibility index (Phi) is 5.67. The molecule has 0 spiro atoms. The molecule has 1 aliphatic rings. The molecule has 2 radical (unpaired) electrons. The summed E-state index contributed by atoms with van der Waals surface area (Å²) in [6.07, 6.45) is 4.41. The maximum atomic E-state index is 12.4. The molecule has 128 valence electrons. The van der Waals surface area contributed by atoms with Crippen molar-refractivity contribution in [1.82, 2.24) is 5.43 Å². The lowest BCUT2D eigenvalue weighted by Crippen LogP contribution is -2.13. The minimum absolute atomic E-state index is 0.137. The van der Waals surface area contributed by atoms with Crippen LogP contribution in [0.1, 0.15) is 41.3 Å². The van der Waals surface area contributed by atoms with Gasteiger partial charge in [0.2, 0.25) is 0 Å². The van der Waals surface area contributed by atoms with Gasteiger partial charge < -0.3 is 15.5 Å². The zero-order chi connectivity index (χ0) is 17.5. The lowest BCUT2D eigenvalue weighted by atomic mass is 10.1. The van der Waals surface area contributed by atoms with Crippen LogP contribution in [0.3, 0.4) is 0 Å². The number of hydrogen-bond donors (Lipinski definition) is 2. The van der Waals surface area contributed by atoms with Crippen LogP contribution in [0.2, 0.25) is 0 Å². The molecule has 0 bridgehead atoms. The first kappa shape index (κ1) is 17.0. The molecule has 0 aliphatic carbocycles. The molecule has 2 aromatic carbocycles. The summed E-state index contributed by atoms with van der Waals surface area (Å²) in [6.45, 7) is 5.78. The molecule has 1 heterocycles. The number of fused-ring (bicyclic) bond motifs is 1. The number of carbonyl (C=O) groups excluding carboxylic acids is 1. The number of amides is 1. The van der Waals surface area contributed by atoms with Gasteiger partial charge in [-0.3, -0.25) is 4.79 Å². The van der Waals surface area contributed by atoms with E-state index in [0.29, 0.717) is 5.56 Å². The third-order valence-corrected chi connectivity index (χ3v) is 3.84. The molecule has 5 heteroatoms. The van der Waals surface area contributed by atoms with Gasteiger partial charge in [0.05, 0.1) is 6.21 Å². The van der Waals surface area contributed by atoms with E-state index in [9.17, 15) is 4.79 Å². The highest BCUT2D eigenvalue weighted by Crippen LogP contribution is 2.28. The minimum Gasteiger partial charge on any atom is -0.478 e. The summed E-state index contributed by atoms with van der Waals surface area (Å²) < 4.78 is 5.35. The van der Waals surface area contributed by atoms with Gasteiger partial charge in [0, 0.05) is 17.8 Å². The van der Waals surface area contributed by atoms with Crippen molar-refractivity contribution in [1.29, 1.82) is 0 Å². The Morgan fingerprint density at radius 1 is 1.28 bits per heavy atom. The van der Waals surface area contributed by atoms with E-state index in [4.69, 9.17) is 4.74 Å². The van der Waals surface area contributed by atoms with Crippen LogP contribution in [0.4, 0.5) is 5.69 Å². The highest BCUT2D eigenvalue weighted by Gasteiger charge is 2.13. The van der Waals surface area contributed by atoms with Gasteiger partial charge >= 0.3 is 0 Å². The average Bonchev–Trinajstić information content (AvgIpc) is 2.65. The molecule has 0 aromatic heterocycles. The molecular formula is C20H21N3O2. The zero-order valence-electron chi connectivity index (χ0n) is 14.2. The summed E-state index contributed by atoms with van der Waals surface area (Å²) in [5.41, 5.74) is 6.36. The summed E-state index contributed by atoms with van der Waals surface area (Å²) in [4.78, 5) is 12.4. The molecule has 25 heavy (non-hydrogen) atoms. The molecule has 5 nitrogen and oxygen atoms in total. The van der Waals surface area contributed by atoms with Gasteiger partial charge in [-0.25, -0.2) is 0 Å². The molecule has 0 saturated heterocycles. The van der Waals surface area contributed by atoms with Crippen LogP contribution in [0.5, 0.6) is 5.75 Å². The van der Waals surface area contributed by atoms with E-state index in [1.165, 1.54) is 0 Å². The topological polar surface area (TPSA) is 62.7 Å². The van der Waals surface area contributed by atoms with E-state index >= 15 is 0 Å². The number of aryl methyl sites for hydroxylation is 1. The second-order valence-electron chi connectivity index (χ2n) is 5.81. The van der Waals surface area contributed by atoms with Crippen molar-refractivity contribution in [2.75, 3.05) is 11.9 Å². The Morgan fingerprint density at radius 2 is 2.12 bits per heavy atom. The van der Waals surface area contributed by atoms with Crippen molar-refractivity contribution in [2.24, 2.45) is 5.10 Å². The Morgan fingerprint density at radius 3 is 2.92 bits per heavy atom. The number of hydrazone groups is 1. The van der Waals surface area contributed by atoms with E-state index in [-0.39, 0.29) is 5.91 Å². The van der Waals surface area contributed by atoms with Crippen LogP contribution in [0.15, 0.2) is 47.6 Å². The standard InChI is InChI=1S/C20H21N3O2/c1-2-11-21-22-14-15-5-7-16(8-6-15)20(24)23-18-9-10-19-17(13-18)4-3-12-25-19/h5-10,13-14,21H,2-4,11H2,1H3,(H,23,24). The third-order valence-electron chi connectivity index (χ3n) is 3.84. The predicted molar refractivity (Wildman–Crippen MR) is 98.9 cm³/mol. The summed E-state index contributed by atoms with van der Waals surface area (Å²) >= 11 is 0. The lowest BCUT2D eigenvalue weighted by Gasteiger charge is -2.16. The van der Waals surface area contributed by atoms with Crippen molar-refractivity contribution < 1.29 is 9.53 Å². The number of hydrogen-bond acceptors (Lipinski definition) is 4. The van der Waals surface area contributed by atoms with E-state index in [1.54, 1.807) is 18.3 Å². The van der Waals surface area contributed by atoms with Crippen LogP contribution in [0, 0.1) is 6.61 Å². The third kappa shape index (κ3) is 4.59. The SMILES string of the molecule is CCCNN=Cc1ccc(C(=O)Nc2ccc3c(c2)CC[C]O3)cc1. The van der Waals surface area contributed by atoms with Gasteiger partial charge in [0.1, 0.15) is 5.75 Å². The largest absolute Gasteiger partial charge is 0.478 e. The highest BCUT2D eigenvalue weighted by molar-refractivity contribution is 6.04. The molecular weight excluding hydrogens is 314 g/mol. The molecule has 0 unspecified atom stereocenters. The Hall–Kier alpha value is -2.82. The smallest absolute Gasteiger partial charge is 0.255 e. The molecule has 0 atom stereocenters. The second kappa shape index (κ2) is 8.33. The first-order valence-electron chi connectivity index (χ1n) is 8.46. The predicted octanol–water partition coefficient (Wildman–Crippen LogP) is 3.64.